The molecule has 0 spiro atoms. The van der Waals surface area contributed by atoms with Crippen molar-refractivity contribution in [3.8, 4) is 5.75 Å². The van der Waals surface area contributed by atoms with Gasteiger partial charge < -0.3 is 19.5 Å². The minimum atomic E-state index is -3.41. The van der Waals surface area contributed by atoms with Gasteiger partial charge >= 0.3 is 0 Å². The Kier molecular flexibility index (Phi) is 5.94. The molecule has 156 valence electrons. The second-order valence-corrected chi connectivity index (χ2v) is 10.1. The Morgan fingerprint density at radius 1 is 1.18 bits per heavy atom. The Hall–Kier alpha value is -1.19. The summed E-state index contributed by atoms with van der Waals surface area (Å²) in [5.74, 6) is 0.652. The molecule has 4 atom stereocenters. The first-order valence-electron chi connectivity index (χ1n) is 10.0. The third kappa shape index (κ3) is 4.36. The maximum atomic E-state index is 13.0. The van der Waals surface area contributed by atoms with E-state index in [1.807, 2.05) is 24.3 Å². The summed E-state index contributed by atoms with van der Waals surface area (Å²) in [5.41, 5.74) is 0.735. The molecule has 1 aromatic rings. The first-order valence-corrected chi connectivity index (χ1v) is 11.7. The first-order chi connectivity index (χ1) is 13.4. The molecule has 3 heterocycles. The average Bonchev–Trinajstić information content (AvgIpc) is 3.26. The summed E-state index contributed by atoms with van der Waals surface area (Å²) in [6.07, 6.45) is 4.04. The molecule has 7 nitrogen and oxygen atoms in total. The summed E-state index contributed by atoms with van der Waals surface area (Å²) in [6.45, 7) is 1.48. The molecular formula is C20H30N2O5S. The van der Waals surface area contributed by atoms with Crippen LogP contribution in [0.25, 0.3) is 0 Å². The molecule has 3 fully saturated rings. The topological polar surface area (TPSA) is 77.1 Å². The van der Waals surface area contributed by atoms with E-state index < -0.39 is 10.0 Å². The predicted octanol–water partition coefficient (Wildman–Crippen LogP) is 1.52. The van der Waals surface area contributed by atoms with Crippen molar-refractivity contribution in [3.05, 3.63) is 29.8 Å². The van der Waals surface area contributed by atoms with Crippen LogP contribution in [0.2, 0.25) is 0 Å². The SMILES string of the molecule is CO[C@@H]1CNC[C@H]1Oc1cccc(CS(=O)(=O)N(C)C2CC3CCC(C2)O3)c1. The third-order valence-electron chi connectivity index (χ3n) is 6.16. The predicted molar refractivity (Wildman–Crippen MR) is 106 cm³/mol. The normalized spacial score (nSPS) is 32.8. The Bertz CT molecular complexity index is 775. The van der Waals surface area contributed by atoms with Crippen LogP contribution in [0.5, 0.6) is 5.75 Å². The highest BCUT2D eigenvalue weighted by molar-refractivity contribution is 7.88. The highest BCUT2D eigenvalue weighted by Crippen LogP contribution is 2.35. The lowest BCUT2D eigenvalue weighted by Crippen LogP contribution is -2.43. The van der Waals surface area contributed by atoms with E-state index >= 15 is 0 Å². The number of methoxy groups -OCH3 is 1. The third-order valence-corrected chi connectivity index (χ3v) is 8.04. The average molecular weight is 411 g/mol. The number of ether oxygens (including phenoxy) is 3. The Labute approximate surface area is 167 Å². The molecule has 0 aromatic heterocycles. The molecule has 1 aromatic carbocycles. The number of nitrogens with zero attached hydrogens (tertiary/aromatic N) is 1. The number of nitrogens with one attached hydrogen (secondary N) is 1. The summed E-state index contributed by atoms with van der Waals surface area (Å²) in [6, 6.07) is 7.40. The van der Waals surface area contributed by atoms with Crippen LogP contribution in [-0.4, -0.2) is 70.4 Å². The zero-order valence-corrected chi connectivity index (χ0v) is 17.4. The van der Waals surface area contributed by atoms with Crippen molar-refractivity contribution in [1.82, 2.24) is 9.62 Å². The summed E-state index contributed by atoms with van der Waals surface area (Å²) in [7, 11) is -0.0235. The number of benzene rings is 1. The lowest BCUT2D eigenvalue weighted by Gasteiger charge is -2.34. The lowest BCUT2D eigenvalue weighted by molar-refractivity contribution is -0.0189. The van der Waals surface area contributed by atoms with Crippen LogP contribution in [0.4, 0.5) is 0 Å². The molecule has 4 rings (SSSR count). The van der Waals surface area contributed by atoms with Gasteiger partial charge in [0.15, 0.2) is 0 Å². The van der Waals surface area contributed by atoms with Gasteiger partial charge in [-0.25, -0.2) is 12.7 Å². The van der Waals surface area contributed by atoms with Crippen LogP contribution < -0.4 is 10.1 Å². The number of fused-ring (bicyclic) bond motifs is 2. The maximum absolute atomic E-state index is 13.0. The van der Waals surface area contributed by atoms with Crippen LogP contribution in [0.15, 0.2) is 24.3 Å². The number of sulfonamides is 1. The van der Waals surface area contributed by atoms with Gasteiger partial charge in [0.25, 0.3) is 0 Å². The zero-order valence-electron chi connectivity index (χ0n) is 16.5. The number of hydrogen-bond donors (Lipinski definition) is 1. The van der Waals surface area contributed by atoms with Gasteiger partial charge in [0, 0.05) is 33.3 Å². The van der Waals surface area contributed by atoms with E-state index in [2.05, 4.69) is 5.32 Å². The molecule has 3 aliphatic heterocycles. The lowest BCUT2D eigenvalue weighted by atomic mass is 10.0. The van der Waals surface area contributed by atoms with Gasteiger partial charge in [0.1, 0.15) is 18.0 Å². The molecular weight excluding hydrogens is 380 g/mol. The quantitative estimate of drug-likeness (QED) is 0.735. The van der Waals surface area contributed by atoms with E-state index in [1.54, 1.807) is 18.5 Å². The highest BCUT2D eigenvalue weighted by Gasteiger charge is 2.39. The summed E-state index contributed by atoms with van der Waals surface area (Å²) < 4.78 is 44.9. The molecule has 8 heteroatoms. The monoisotopic (exact) mass is 410 g/mol. The smallest absolute Gasteiger partial charge is 0.218 e. The van der Waals surface area contributed by atoms with Gasteiger partial charge in [-0.2, -0.15) is 0 Å². The van der Waals surface area contributed by atoms with Gasteiger partial charge in [0.2, 0.25) is 10.0 Å². The van der Waals surface area contributed by atoms with E-state index in [4.69, 9.17) is 14.2 Å². The van der Waals surface area contributed by atoms with Crippen LogP contribution in [0.1, 0.15) is 31.2 Å². The molecule has 3 saturated heterocycles. The molecule has 0 saturated carbocycles. The van der Waals surface area contributed by atoms with Crippen LogP contribution in [0.3, 0.4) is 0 Å². The van der Waals surface area contributed by atoms with Crippen LogP contribution in [-0.2, 0) is 25.2 Å². The highest BCUT2D eigenvalue weighted by atomic mass is 32.2. The standard InChI is InChI=1S/C20H30N2O5S/c1-22(15-9-17-6-7-18(10-15)26-17)28(23,24)13-14-4-3-5-16(8-14)27-20-12-21-11-19(20)25-2/h3-5,8,15,17-21H,6-7,9-13H2,1-2H3/t15?,17?,18?,19-,20-/m1/s1. The van der Waals surface area contributed by atoms with Crippen molar-refractivity contribution in [2.45, 2.75) is 61.9 Å². The largest absolute Gasteiger partial charge is 0.486 e. The van der Waals surface area contributed by atoms with E-state index in [-0.39, 0.29) is 36.2 Å². The summed E-state index contributed by atoms with van der Waals surface area (Å²) in [5, 5.41) is 3.25. The fraction of sp³-hybridized carbons (Fsp3) is 0.700. The maximum Gasteiger partial charge on any atom is 0.218 e. The van der Waals surface area contributed by atoms with Gasteiger partial charge in [-0.05, 0) is 43.4 Å². The molecule has 0 radical (unpaired) electrons. The van der Waals surface area contributed by atoms with E-state index in [0.29, 0.717) is 5.75 Å². The fourth-order valence-corrected chi connectivity index (χ4v) is 5.96. The van der Waals surface area contributed by atoms with Crippen LogP contribution in [0, 0.1) is 0 Å². The van der Waals surface area contributed by atoms with Gasteiger partial charge in [-0.1, -0.05) is 12.1 Å². The molecule has 28 heavy (non-hydrogen) atoms. The van der Waals surface area contributed by atoms with E-state index in [0.717, 1.165) is 44.3 Å². The second-order valence-electron chi connectivity index (χ2n) is 8.09. The van der Waals surface area contributed by atoms with Crippen molar-refractivity contribution in [1.29, 1.82) is 0 Å². The van der Waals surface area contributed by atoms with Crippen molar-refractivity contribution >= 4 is 10.0 Å². The Morgan fingerprint density at radius 3 is 2.61 bits per heavy atom. The first kappa shape index (κ1) is 20.1. The zero-order chi connectivity index (χ0) is 19.7. The summed E-state index contributed by atoms with van der Waals surface area (Å²) in [4.78, 5) is 0. The molecule has 2 bridgehead atoms. The summed E-state index contributed by atoms with van der Waals surface area (Å²) >= 11 is 0. The van der Waals surface area contributed by atoms with E-state index in [9.17, 15) is 8.42 Å². The molecule has 3 aliphatic rings. The van der Waals surface area contributed by atoms with Gasteiger partial charge in [0.05, 0.1) is 18.0 Å². The molecule has 0 amide bonds. The molecule has 0 aliphatic carbocycles. The van der Waals surface area contributed by atoms with Crippen molar-refractivity contribution in [3.63, 3.8) is 0 Å². The molecule has 2 unspecified atom stereocenters. The fourth-order valence-electron chi connectivity index (χ4n) is 4.53. The minimum absolute atomic E-state index is 0.00223. The van der Waals surface area contributed by atoms with Gasteiger partial charge in [-0.3, -0.25) is 0 Å². The van der Waals surface area contributed by atoms with Gasteiger partial charge in [-0.15, -0.1) is 0 Å². The van der Waals surface area contributed by atoms with E-state index in [1.165, 1.54) is 0 Å². The van der Waals surface area contributed by atoms with Crippen molar-refractivity contribution < 1.29 is 22.6 Å². The second kappa shape index (κ2) is 8.28. The Morgan fingerprint density at radius 2 is 1.89 bits per heavy atom. The minimum Gasteiger partial charge on any atom is -0.486 e. The van der Waals surface area contributed by atoms with Crippen molar-refractivity contribution in [2.24, 2.45) is 0 Å². The van der Waals surface area contributed by atoms with Crippen LogP contribution >= 0.6 is 0 Å². The number of rotatable bonds is 7. The van der Waals surface area contributed by atoms with Crippen molar-refractivity contribution in [2.75, 3.05) is 27.2 Å². The number of hydrogen-bond acceptors (Lipinski definition) is 6. The molecule has 1 N–H and O–H groups in total. The Balaban J connectivity index is 1.41.